The average molecular weight is 501 g/mol. The molecule has 3 unspecified atom stereocenters. The maximum absolute atomic E-state index is 12.4. The van der Waals surface area contributed by atoms with E-state index in [2.05, 4.69) is 11.2 Å². The topological polar surface area (TPSA) is 69.2 Å². The molecule has 5 rings (SSSR count). The largest absolute Gasteiger partial charge is 0.497 e. The fourth-order valence-corrected chi connectivity index (χ4v) is 5.42. The van der Waals surface area contributed by atoms with E-state index in [1.807, 2.05) is 95.7 Å². The second-order valence-electron chi connectivity index (χ2n) is 8.44. The van der Waals surface area contributed by atoms with Gasteiger partial charge >= 0.3 is 0 Å². The molecule has 1 aromatic heterocycles. The first-order valence-corrected chi connectivity index (χ1v) is 11.9. The maximum Gasteiger partial charge on any atom is 0.227 e. The van der Waals surface area contributed by atoms with Gasteiger partial charge in [-0.1, -0.05) is 66.3 Å². The zero-order valence-electron chi connectivity index (χ0n) is 18.9. The highest BCUT2D eigenvalue weighted by molar-refractivity contribution is 7.80. The number of nitrogens with zero attached hydrogens (tertiary/aromatic N) is 1. The minimum absolute atomic E-state index is 0.285. The monoisotopic (exact) mass is 500 g/mol. The molecule has 0 saturated carbocycles. The molecule has 174 valence electrons. The molecule has 1 aliphatic heterocycles. The van der Waals surface area contributed by atoms with E-state index in [0.29, 0.717) is 21.9 Å². The Kier molecular flexibility index (Phi) is 6.13. The van der Waals surface area contributed by atoms with E-state index in [9.17, 15) is 5.11 Å². The third-order valence-electron chi connectivity index (χ3n) is 6.52. The van der Waals surface area contributed by atoms with E-state index in [1.54, 1.807) is 7.11 Å². The third kappa shape index (κ3) is 4.01. The van der Waals surface area contributed by atoms with Crippen LogP contribution in [0.3, 0.4) is 0 Å². The highest BCUT2D eigenvalue weighted by Gasteiger charge is 2.56. The second-order valence-corrected chi connectivity index (χ2v) is 9.28. The molecule has 0 spiro atoms. The molecular formula is C28H23ClN3O2S+. The Labute approximate surface area is 213 Å². The first-order valence-electron chi connectivity index (χ1n) is 11.1. The van der Waals surface area contributed by atoms with Gasteiger partial charge in [-0.3, -0.25) is 5.41 Å². The van der Waals surface area contributed by atoms with Crippen LogP contribution in [0.2, 0.25) is 5.02 Å². The number of benzene rings is 3. The normalized spacial score (nSPS) is 21.9. The van der Waals surface area contributed by atoms with E-state index in [4.69, 9.17) is 34.0 Å². The summed E-state index contributed by atoms with van der Waals surface area (Å²) < 4.78 is 7.38. The highest BCUT2D eigenvalue weighted by Crippen LogP contribution is 2.46. The molecule has 2 heterocycles. The quantitative estimate of drug-likeness (QED) is 0.158. The summed E-state index contributed by atoms with van der Waals surface area (Å²) in [6.07, 6.45) is 1.93. The lowest BCUT2D eigenvalue weighted by Gasteiger charge is -2.43. The van der Waals surface area contributed by atoms with Gasteiger partial charge in [0.05, 0.1) is 18.6 Å². The van der Waals surface area contributed by atoms with Crippen LogP contribution >= 0.6 is 23.8 Å². The second kappa shape index (κ2) is 9.25. The van der Waals surface area contributed by atoms with Crippen LogP contribution in [-0.4, -0.2) is 23.1 Å². The minimum Gasteiger partial charge on any atom is -0.497 e. The number of piperidine rings is 1. The summed E-state index contributed by atoms with van der Waals surface area (Å²) >= 11 is 12.0. The summed E-state index contributed by atoms with van der Waals surface area (Å²) in [4.78, 5) is 0.285. The third-order valence-corrected chi connectivity index (χ3v) is 7.07. The Hall–Kier alpha value is -3.54. The summed E-state index contributed by atoms with van der Waals surface area (Å²) in [5.74, 6) is 2.80. The SMILES string of the molecule is COc1ccc(C2C(=C=N)C(=S)NC(O)(c3ccccc3)C2[n+]2cccc3cc(Cl)ccc32)cc1. The number of fused-ring (bicyclic) bond motifs is 1. The molecule has 4 aromatic rings. The van der Waals surface area contributed by atoms with Crippen molar-refractivity contribution in [3.8, 4) is 5.75 Å². The smallest absolute Gasteiger partial charge is 0.227 e. The molecule has 3 aromatic carbocycles. The maximum atomic E-state index is 12.4. The van der Waals surface area contributed by atoms with Gasteiger partial charge in [-0.15, -0.1) is 0 Å². The Bertz CT molecular complexity index is 1470. The molecule has 7 heteroatoms. The van der Waals surface area contributed by atoms with Crippen molar-refractivity contribution in [1.29, 1.82) is 5.41 Å². The van der Waals surface area contributed by atoms with Crippen LogP contribution < -0.4 is 14.6 Å². The van der Waals surface area contributed by atoms with Crippen LogP contribution in [0.25, 0.3) is 10.9 Å². The van der Waals surface area contributed by atoms with Gasteiger partial charge in [-0.25, -0.2) is 0 Å². The summed E-state index contributed by atoms with van der Waals surface area (Å²) in [6, 6.07) is 26.0. The van der Waals surface area contributed by atoms with Crippen molar-refractivity contribution in [2.45, 2.75) is 17.7 Å². The number of ether oxygens (including phenoxy) is 1. The number of thiocarbonyl (C=S) groups is 1. The van der Waals surface area contributed by atoms with E-state index in [0.717, 1.165) is 16.5 Å². The first kappa shape index (κ1) is 23.2. The summed E-state index contributed by atoms with van der Waals surface area (Å²) in [6.45, 7) is 0. The molecule has 0 bridgehead atoms. The molecule has 1 saturated heterocycles. The number of hydrogen-bond donors (Lipinski definition) is 3. The van der Waals surface area contributed by atoms with Crippen LogP contribution in [0, 0.1) is 5.41 Å². The molecule has 35 heavy (non-hydrogen) atoms. The van der Waals surface area contributed by atoms with Crippen LogP contribution in [0.4, 0.5) is 0 Å². The van der Waals surface area contributed by atoms with Gasteiger partial charge in [-0.2, -0.15) is 4.57 Å². The lowest BCUT2D eigenvalue weighted by atomic mass is 9.74. The van der Waals surface area contributed by atoms with Crippen molar-refractivity contribution in [2.24, 2.45) is 0 Å². The van der Waals surface area contributed by atoms with Crippen LogP contribution in [0.5, 0.6) is 5.75 Å². The number of methoxy groups -OCH3 is 1. The van der Waals surface area contributed by atoms with E-state index in [-0.39, 0.29) is 4.99 Å². The zero-order valence-corrected chi connectivity index (χ0v) is 20.5. The fraction of sp³-hybridized carbons (Fsp3) is 0.143. The van der Waals surface area contributed by atoms with Gasteiger partial charge in [-0.05, 0) is 41.8 Å². The average Bonchev–Trinajstić information content (AvgIpc) is 2.88. The van der Waals surface area contributed by atoms with Crippen molar-refractivity contribution >= 4 is 45.6 Å². The number of nitrogens with one attached hydrogen (secondary N) is 2. The molecule has 3 atom stereocenters. The minimum atomic E-state index is -1.58. The fourth-order valence-electron chi connectivity index (χ4n) is 4.90. The molecule has 5 nitrogen and oxygen atoms in total. The van der Waals surface area contributed by atoms with Gasteiger partial charge in [0.2, 0.25) is 17.3 Å². The predicted molar refractivity (Wildman–Crippen MR) is 141 cm³/mol. The highest BCUT2D eigenvalue weighted by atomic mass is 35.5. The molecule has 3 N–H and O–H groups in total. The zero-order chi connectivity index (χ0) is 24.6. The van der Waals surface area contributed by atoms with Crippen molar-refractivity contribution in [2.75, 3.05) is 7.11 Å². The van der Waals surface area contributed by atoms with Gasteiger partial charge in [0.25, 0.3) is 0 Å². The molecule has 1 fully saturated rings. The Morgan fingerprint density at radius 1 is 1.06 bits per heavy atom. The van der Waals surface area contributed by atoms with E-state index in [1.165, 1.54) is 0 Å². The summed E-state index contributed by atoms with van der Waals surface area (Å²) in [5.41, 5.74) is 1.33. The Morgan fingerprint density at radius 3 is 2.49 bits per heavy atom. The number of aliphatic hydroxyl groups is 1. The standard InChI is InChI=1S/C28H22ClN3O2S/c1-34-22-12-9-18(10-13-22)25-23(17-30)27(35)31-28(33,20-7-3-2-4-8-20)26(25)32-15-5-6-19-16-21(29)11-14-24(19)32/h2-16,25-26,30,33H,1H3/p+1. The van der Waals surface area contributed by atoms with Crippen molar-refractivity contribution in [3.05, 3.63) is 113 Å². The molecule has 0 aliphatic carbocycles. The Balaban J connectivity index is 1.83. The van der Waals surface area contributed by atoms with Gasteiger partial charge in [0.1, 0.15) is 10.7 Å². The van der Waals surface area contributed by atoms with E-state index < -0.39 is 17.7 Å². The number of hydrogen-bond acceptors (Lipinski definition) is 4. The van der Waals surface area contributed by atoms with Crippen molar-refractivity contribution in [1.82, 2.24) is 5.32 Å². The summed E-state index contributed by atoms with van der Waals surface area (Å²) in [7, 11) is 1.62. The molecule has 1 aliphatic rings. The van der Waals surface area contributed by atoms with Crippen molar-refractivity contribution in [3.63, 3.8) is 0 Å². The molecule has 0 amide bonds. The first-order chi connectivity index (χ1) is 17.0. The van der Waals surface area contributed by atoms with Crippen LogP contribution in [0.1, 0.15) is 23.1 Å². The van der Waals surface area contributed by atoms with Crippen LogP contribution in [0.15, 0.2) is 96.7 Å². The van der Waals surface area contributed by atoms with Crippen LogP contribution in [-0.2, 0) is 5.72 Å². The Morgan fingerprint density at radius 2 is 1.80 bits per heavy atom. The number of rotatable bonds is 4. The predicted octanol–water partition coefficient (Wildman–Crippen LogP) is 5.06. The number of pyridine rings is 1. The number of halogens is 1. The van der Waals surface area contributed by atoms with Gasteiger partial charge < -0.3 is 15.2 Å². The lowest BCUT2D eigenvalue weighted by molar-refractivity contribution is -0.720. The van der Waals surface area contributed by atoms with Crippen molar-refractivity contribution < 1.29 is 14.4 Å². The molecular weight excluding hydrogens is 478 g/mol. The van der Waals surface area contributed by atoms with Gasteiger partial charge in [0.15, 0.2) is 6.20 Å². The molecule has 0 radical (unpaired) electrons. The van der Waals surface area contributed by atoms with E-state index >= 15 is 0 Å². The van der Waals surface area contributed by atoms with Gasteiger partial charge in [0, 0.05) is 28.1 Å². The summed E-state index contributed by atoms with van der Waals surface area (Å²) in [5, 5.41) is 25.2. The lowest BCUT2D eigenvalue weighted by Crippen LogP contribution is -2.65. The number of aromatic nitrogens is 1.